The molecule has 1 aromatic carbocycles. The molecule has 0 unspecified atom stereocenters. The zero-order chi connectivity index (χ0) is 15.9. The van der Waals surface area contributed by atoms with Crippen molar-refractivity contribution < 1.29 is 14.3 Å². The van der Waals surface area contributed by atoms with Crippen molar-refractivity contribution in [1.82, 2.24) is 20.3 Å². The number of aromatic nitrogens is 3. The lowest BCUT2D eigenvalue weighted by Crippen LogP contribution is -2.37. The molecule has 1 heterocycles. The lowest BCUT2D eigenvalue weighted by atomic mass is 10.3. The van der Waals surface area contributed by atoms with Crippen LogP contribution in [0.15, 0.2) is 36.5 Å². The van der Waals surface area contributed by atoms with Crippen molar-refractivity contribution in [2.45, 2.75) is 19.6 Å². The number of rotatable bonds is 7. The molecule has 3 N–H and O–H groups in total. The largest absolute Gasteiger partial charge is 0.487 e. The highest BCUT2D eigenvalue weighted by Crippen LogP contribution is 2.11. The van der Waals surface area contributed by atoms with E-state index in [0.29, 0.717) is 5.69 Å². The Hall–Kier alpha value is -2.90. The van der Waals surface area contributed by atoms with Gasteiger partial charge in [0.15, 0.2) is 0 Å². The zero-order valence-corrected chi connectivity index (χ0v) is 12.1. The molecular formula is C14H17N5O3. The number of ether oxygens (including phenoxy) is 1. The van der Waals surface area contributed by atoms with Crippen LogP contribution >= 0.6 is 0 Å². The Labute approximate surface area is 127 Å². The second kappa shape index (κ2) is 7.21. The highest BCUT2D eigenvalue weighted by atomic mass is 16.5. The van der Waals surface area contributed by atoms with E-state index in [1.807, 2.05) is 30.3 Å². The first-order valence-electron chi connectivity index (χ1n) is 6.71. The van der Waals surface area contributed by atoms with Crippen molar-refractivity contribution in [3.05, 3.63) is 42.2 Å². The maximum atomic E-state index is 11.8. The molecule has 1 aromatic heterocycles. The van der Waals surface area contributed by atoms with E-state index in [1.54, 1.807) is 13.1 Å². The number of benzene rings is 1. The molecule has 0 aliphatic rings. The van der Waals surface area contributed by atoms with Gasteiger partial charge >= 0.3 is 0 Å². The lowest BCUT2D eigenvalue weighted by molar-refractivity contribution is -0.127. The van der Waals surface area contributed by atoms with Crippen LogP contribution in [-0.4, -0.2) is 33.4 Å². The van der Waals surface area contributed by atoms with Crippen LogP contribution in [0, 0.1) is 0 Å². The minimum absolute atomic E-state index is 0.207. The molecule has 2 aromatic rings. The fourth-order valence-electron chi connectivity index (χ4n) is 1.68. The third kappa shape index (κ3) is 4.30. The molecule has 0 aliphatic heterocycles. The Bertz CT molecular complexity index is 641. The van der Waals surface area contributed by atoms with Crippen LogP contribution in [0.2, 0.25) is 0 Å². The number of nitrogens with one attached hydrogen (secondary N) is 1. The van der Waals surface area contributed by atoms with E-state index in [1.165, 1.54) is 4.68 Å². The van der Waals surface area contributed by atoms with E-state index in [9.17, 15) is 9.59 Å². The summed E-state index contributed by atoms with van der Waals surface area (Å²) in [6, 6.07) is 8.72. The van der Waals surface area contributed by atoms with Gasteiger partial charge in [-0.15, -0.1) is 5.10 Å². The molecule has 2 amide bonds. The van der Waals surface area contributed by atoms with Gasteiger partial charge in [-0.05, 0) is 19.1 Å². The molecule has 0 spiro atoms. The molecule has 8 nitrogen and oxygen atoms in total. The molecule has 22 heavy (non-hydrogen) atoms. The molecule has 0 fully saturated rings. The van der Waals surface area contributed by atoms with Crippen molar-refractivity contribution in [2.24, 2.45) is 5.73 Å². The second-order valence-electron chi connectivity index (χ2n) is 4.65. The smallest absolute Gasteiger partial charge is 0.245 e. The van der Waals surface area contributed by atoms with E-state index >= 15 is 0 Å². The molecule has 116 valence electrons. The lowest BCUT2D eigenvalue weighted by Gasteiger charge is -2.10. The van der Waals surface area contributed by atoms with Crippen molar-refractivity contribution >= 4 is 11.8 Å². The second-order valence-corrected chi connectivity index (χ2v) is 4.65. The van der Waals surface area contributed by atoms with E-state index in [-0.39, 0.29) is 19.1 Å². The summed E-state index contributed by atoms with van der Waals surface area (Å²) >= 11 is 0. The molecule has 0 bridgehead atoms. The van der Waals surface area contributed by atoms with E-state index in [4.69, 9.17) is 10.5 Å². The van der Waals surface area contributed by atoms with Gasteiger partial charge in [0.1, 0.15) is 24.1 Å². The standard InChI is InChI=1S/C14H17N5O3/c1-10(14(21)16-7-13(15)20)19-8-11(17-18-19)9-22-12-5-3-2-4-6-12/h2-6,8,10H,7,9H2,1H3,(H2,15,20)(H,16,21)/t10-/m0/s1. The number of para-hydroxylation sites is 1. The van der Waals surface area contributed by atoms with Gasteiger partial charge in [0.05, 0.1) is 12.7 Å². The summed E-state index contributed by atoms with van der Waals surface area (Å²) in [7, 11) is 0. The van der Waals surface area contributed by atoms with E-state index < -0.39 is 11.9 Å². The number of nitrogens with zero attached hydrogens (tertiary/aromatic N) is 3. The van der Waals surface area contributed by atoms with Gasteiger partial charge in [-0.1, -0.05) is 23.4 Å². The van der Waals surface area contributed by atoms with Crippen molar-refractivity contribution in [3.8, 4) is 5.75 Å². The summed E-state index contributed by atoms with van der Waals surface area (Å²) in [5.74, 6) is -0.236. The summed E-state index contributed by atoms with van der Waals surface area (Å²) in [6.07, 6.45) is 1.62. The number of hydrogen-bond acceptors (Lipinski definition) is 5. The molecule has 0 aliphatic carbocycles. The van der Waals surface area contributed by atoms with Crippen LogP contribution < -0.4 is 15.8 Å². The van der Waals surface area contributed by atoms with Gasteiger partial charge in [-0.3, -0.25) is 9.59 Å². The fraction of sp³-hybridized carbons (Fsp3) is 0.286. The van der Waals surface area contributed by atoms with E-state index in [2.05, 4.69) is 15.6 Å². The summed E-state index contributed by atoms with van der Waals surface area (Å²) in [6.45, 7) is 1.69. The van der Waals surface area contributed by atoms with Gasteiger partial charge in [0.2, 0.25) is 11.8 Å². The molecule has 1 atom stereocenters. The SMILES string of the molecule is C[C@@H](C(=O)NCC(N)=O)n1cc(COc2ccccc2)nn1. The third-order valence-electron chi connectivity index (χ3n) is 2.90. The van der Waals surface area contributed by atoms with Crippen molar-refractivity contribution in [2.75, 3.05) is 6.54 Å². The predicted octanol–water partition coefficient (Wildman–Crippen LogP) is 0.0196. The number of carbonyl (C=O) groups is 2. The molecule has 0 radical (unpaired) electrons. The quantitative estimate of drug-likeness (QED) is 0.749. The third-order valence-corrected chi connectivity index (χ3v) is 2.90. The molecule has 2 rings (SSSR count). The average molecular weight is 303 g/mol. The summed E-state index contributed by atoms with van der Waals surface area (Å²) in [5, 5.41) is 10.2. The number of amides is 2. The van der Waals surface area contributed by atoms with Crippen LogP contribution in [-0.2, 0) is 16.2 Å². The fourth-order valence-corrected chi connectivity index (χ4v) is 1.68. The molecule has 8 heteroatoms. The average Bonchev–Trinajstić information content (AvgIpc) is 2.99. The minimum atomic E-state index is -0.601. The Kier molecular flexibility index (Phi) is 5.07. The van der Waals surface area contributed by atoms with Gasteiger partial charge < -0.3 is 15.8 Å². The monoisotopic (exact) mass is 303 g/mol. The molecular weight excluding hydrogens is 286 g/mol. The molecule has 0 saturated carbocycles. The van der Waals surface area contributed by atoms with Crippen LogP contribution in [0.3, 0.4) is 0 Å². The van der Waals surface area contributed by atoms with Crippen LogP contribution in [0.5, 0.6) is 5.75 Å². The first-order chi connectivity index (χ1) is 10.6. The van der Waals surface area contributed by atoms with Crippen LogP contribution in [0.1, 0.15) is 18.7 Å². The van der Waals surface area contributed by atoms with Crippen LogP contribution in [0.4, 0.5) is 0 Å². The summed E-state index contributed by atoms with van der Waals surface area (Å²) in [4.78, 5) is 22.4. The predicted molar refractivity (Wildman–Crippen MR) is 77.7 cm³/mol. The van der Waals surface area contributed by atoms with Crippen LogP contribution in [0.25, 0.3) is 0 Å². The Morgan fingerprint density at radius 2 is 2.09 bits per heavy atom. The first-order valence-corrected chi connectivity index (χ1v) is 6.71. The highest BCUT2D eigenvalue weighted by molar-refractivity contribution is 5.85. The van der Waals surface area contributed by atoms with Crippen molar-refractivity contribution in [3.63, 3.8) is 0 Å². The van der Waals surface area contributed by atoms with Gasteiger partial charge in [-0.25, -0.2) is 4.68 Å². The number of primary amides is 1. The highest BCUT2D eigenvalue weighted by Gasteiger charge is 2.17. The summed E-state index contributed by atoms with van der Waals surface area (Å²) in [5.41, 5.74) is 5.57. The topological polar surface area (TPSA) is 112 Å². The Morgan fingerprint density at radius 3 is 2.77 bits per heavy atom. The molecule has 0 saturated heterocycles. The number of carbonyl (C=O) groups excluding carboxylic acids is 2. The van der Waals surface area contributed by atoms with Gasteiger partial charge in [0, 0.05) is 0 Å². The zero-order valence-electron chi connectivity index (χ0n) is 12.1. The Morgan fingerprint density at radius 1 is 1.36 bits per heavy atom. The normalized spacial score (nSPS) is 11.7. The minimum Gasteiger partial charge on any atom is -0.487 e. The number of nitrogens with two attached hydrogens (primary N) is 1. The van der Waals surface area contributed by atoms with Gasteiger partial charge in [-0.2, -0.15) is 0 Å². The Balaban J connectivity index is 1.90. The summed E-state index contributed by atoms with van der Waals surface area (Å²) < 4.78 is 6.95. The van der Waals surface area contributed by atoms with E-state index in [0.717, 1.165) is 5.75 Å². The first kappa shape index (κ1) is 15.5. The number of hydrogen-bond donors (Lipinski definition) is 2. The van der Waals surface area contributed by atoms with Crippen molar-refractivity contribution in [1.29, 1.82) is 0 Å². The maximum Gasteiger partial charge on any atom is 0.245 e. The maximum absolute atomic E-state index is 11.8. The van der Waals surface area contributed by atoms with Gasteiger partial charge in [0.25, 0.3) is 0 Å².